The minimum absolute atomic E-state index is 0.215. The number of unbranched alkanes of at least 4 members (excludes halogenated alkanes) is 4. The molecule has 0 bridgehead atoms. The fourth-order valence-corrected chi connectivity index (χ4v) is 3.46. The maximum absolute atomic E-state index is 13.2. The number of ether oxygens (including phenoxy) is 1. The molecular formula is C24H35FN2O2. The van der Waals surface area contributed by atoms with Crippen LogP contribution in [0.5, 0.6) is 0 Å². The lowest BCUT2D eigenvalue weighted by Crippen LogP contribution is -2.32. The summed E-state index contributed by atoms with van der Waals surface area (Å²) < 4.78 is 20.5. The number of amides is 1. The van der Waals surface area contributed by atoms with Gasteiger partial charge in [-0.05, 0) is 42.7 Å². The number of aromatic nitrogens is 1. The van der Waals surface area contributed by atoms with E-state index < -0.39 is 0 Å². The highest BCUT2D eigenvalue weighted by molar-refractivity contribution is 5.76. The Morgan fingerprint density at radius 2 is 1.83 bits per heavy atom. The second-order valence-electron chi connectivity index (χ2n) is 7.58. The van der Waals surface area contributed by atoms with Gasteiger partial charge in [0.1, 0.15) is 5.82 Å². The molecule has 2 aromatic rings. The van der Waals surface area contributed by atoms with E-state index in [0.717, 1.165) is 30.5 Å². The smallest absolute Gasteiger partial charge is 0.222 e. The fraction of sp³-hybridized carbons (Fsp3) is 0.542. The third-order valence-electron chi connectivity index (χ3n) is 5.17. The molecule has 0 aliphatic heterocycles. The van der Waals surface area contributed by atoms with E-state index >= 15 is 0 Å². The Hall–Kier alpha value is -2.14. The predicted molar refractivity (Wildman–Crippen MR) is 115 cm³/mol. The van der Waals surface area contributed by atoms with Crippen molar-refractivity contribution in [3.8, 4) is 0 Å². The van der Waals surface area contributed by atoms with Gasteiger partial charge in [-0.15, -0.1) is 0 Å². The first-order chi connectivity index (χ1) is 14.1. The van der Waals surface area contributed by atoms with Gasteiger partial charge in [-0.25, -0.2) is 4.39 Å². The molecule has 0 aliphatic rings. The summed E-state index contributed by atoms with van der Waals surface area (Å²) in [4.78, 5) is 14.8. The highest BCUT2D eigenvalue weighted by atomic mass is 19.1. The van der Waals surface area contributed by atoms with Crippen molar-refractivity contribution >= 4 is 5.91 Å². The molecule has 1 heterocycles. The van der Waals surface area contributed by atoms with Crippen molar-refractivity contribution < 1.29 is 13.9 Å². The summed E-state index contributed by atoms with van der Waals surface area (Å²) in [5.41, 5.74) is 2.13. The van der Waals surface area contributed by atoms with Crippen LogP contribution in [0.3, 0.4) is 0 Å². The van der Waals surface area contributed by atoms with Crippen molar-refractivity contribution in [2.24, 2.45) is 0 Å². The highest BCUT2D eigenvalue weighted by Gasteiger charge is 2.15. The van der Waals surface area contributed by atoms with Crippen LogP contribution in [0.2, 0.25) is 0 Å². The monoisotopic (exact) mass is 402 g/mol. The van der Waals surface area contributed by atoms with Crippen molar-refractivity contribution in [3.05, 3.63) is 59.7 Å². The van der Waals surface area contributed by atoms with Gasteiger partial charge < -0.3 is 14.2 Å². The third-order valence-corrected chi connectivity index (χ3v) is 5.17. The predicted octanol–water partition coefficient (Wildman–Crippen LogP) is 5.40. The number of benzene rings is 1. The average Bonchev–Trinajstić information content (AvgIpc) is 3.15. The van der Waals surface area contributed by atoms with Crippen molar-refractivity contribution in [3.63, 3.8) is 0 Å². The lowest BCUT2D eigenvalue weighted by atomic mass is 10.1. The molecule has 1 aromatic heterocycles. The number of carbonyl (C=O) groups excluding carboxylic acids is 1. The lowest BCUT2D eigenvalue weighted by molar-refractivity contribution is -0.132. The SMILES string of the molecule is CCCCCCCC(=O)N(CCCOC)Cc1cccn1Cc1ccc(F)cc1. The third kappa shape index (κ3) is 8.40. The zero-order valence-corrected chi connectivity index (χ0v) is 17.9. The minimum Gasteiger partial charge on any atom is -0.385 e. The second kappa shape index (κ2) is 13.2. The fourth-order valence-electron chi connectivity index (χ4n) is 3.46. The topological polar surface area (TPSA) is 34.5 Å². The molecule has 0 saturated heterocycles. The van der Waals surface area contributed by atoms with Crippen LogP contribution in [0.25, 0.3) is 0 Å². The summed E-state index contributed by atoms with van der Waals surface area (Å²) in [7, 11) is 1.69. The van der Waals surface area contributed by atoms with Gasteiger partial charge in [0.2, 0.25) is 5.91 Å². The van der Waals surface area contributed by atoms with Gasteiger partial charge in [-0.3, -0.25) is 4.79 Å². The van der Waals surface area contributed by atoms with Crippen molar-refractivity contribution in [2.75, 3.05) is 20.3 Å². The molecule has 0 fully saturated rings. The number of carbonyl (C=O) groups is 1. The van der Waals surface area contributed by atoms with E-state index in [4.69, 9.17) is 4.74 Å². The number of hydrogen-bond donors (Lipinski definition) is 0. The van der Waals surface area contributed by atoms with Gasteiger partial charge >= 0.3 is 0 Å². The molecule has 0 unspecified atom stereocenters. The zero-order chi connectivity index (χ0) is 20.9. The van der Waals surface area contributed by atoms with Gasteiger partial charge in [-0.1, -0.05) is 44.7 Å². The molecule has 5 heteroatoms. The molecule has 0 N–H and O–H groups in total. The Morgan fingerprint density at radius 3 is 2.55 bits per heavy atom. The van der Waals surface area contributed by atoms with E-state index in [1.165, 1.54) is 31.4 Å². The zero-order valence-electron chi connectivity index (χ0n) is 17.9. The number of halogens is 1. The molecule has 0 aliphatic carbocycles. The first-order valence-electron chi connectivity index (χ1n) is 10.8. The minimum atomic E-state index is -0.227. The first-order valence-corrected chi connectivity index (χ1v) is 10.8. The maximum Gasteiger partial charge on any atom is 0.222 e. The maximum atomic E-state index is 13.2. The van der Waals surface area contributed by atoms with E-state index in [1.807, 2.05) is 17.2 Å². The van der Waals surface area contributed by atoms with Gasteiger partial charge in [-0.2, -0.15) is 0 Å². The first kappa shape index (κ1) is 23.1. The van der Waals surface area contributed by atoms with E-state index in [9.17, 15) is 9.18 Å². The second-order valence-corrected chi connectivity index (χ2v) is 7.58. The Kier molecular flexibility index (Phi) is 10.5. The van der Waals surface area contributed by atoms with E-state index in [-0.39, 0.29) is 11.7 Å². The van der Waals surface area contributed by atoms with Crippen LogP contribution >= 0.6 is 0 Å². The van der Waals surface area contributed by atoms with Gasteiger partial charge in [0.15, 0.2) is 0 Å². The van der Waals surface area contributed by atoms with Crippen LogP contribution in [-0.2, 0) is 22.6 Å². The summed E-state index contributed by atoms with van der Waals surface area (Å²) in [5.74, 6) is -0.0116. The van der Waals surface area contributed by atoms with E-state index in [0.29, 0.717) is 32.7 Å². The molecule has 160 valence electrons. The van der Waals surface area contributed by atoms with Crippen LogP contribution in [0.15, 0.2) is 42.6 Å². The standard InChI is InChI=1S/C24H35FN2O2/c1-3-4-5-6-7-11-24(28)27(17-9-18-29-2)20-23-10-8-16-26(23)19-21-12-14-22(25)15-13-21/h8,10,12-16H,3-7,9,11,17-20H2,1-2H3. The molecule has 0 radical (unpaired) electrons. The summed E-state index contributed by atoms with van der Waals surface area (Å²) in [6.07, 6.45) is 9.18. The summed E-state index contributed by atoms with van der Waals surface area (Å²) in [6.45, 7) is 4.80. The number of hydrogen-bond acceptors (Lipinski definition) is 2. The van der Waals surface area contributed by atoms with Crippen LogP contribution in [0, 0.1) is 5.82 Å². The Labute approximate surface area is 174 Å². The molecule has 4 nitrogen and oxygen atoms in total. The van der Waals surface area contributed by atoms with E-state index in [2.05, 4.69) is 17.6 Å². The quantitative estimate of drug-likeness (QED) is 0.397. The summed E-state index contributed by atoms with van der Waals surface area (Å²) in [6, 6.07) is 10.6. The van der Waals surface area contributed by atoms with Crippen molar-refractivity contribution in [1.29, 1.82) is 0 Å². The van der Waals surface area contributed by atoms with Crippen LogP contribution in [-0.4, -0.2) is 35.6 Å². The molecule has 0 spiro atoms. The molecule has 1 amide bonds. The van der Waals surface area contributed by atoms with Gasteiger partial charge in [0.05, 0.1) is 6.54 Å². The number of nitrogens with zero attached hydrogens (tertiary/aromatic N) is 2. The largest absolute Gasteiger partial charge is 0.385 e. The highest BCUT2D eigenvalue weighted by Crippen LogP contribution is 2.14. The Bertz CT molecular complexity index is 712. The van der Waals surface area contributed by atoms with Crippen molar-refractivity contribution in [1.82, 2.24) is 9.47 Å². The molecule has 29 heavy (non-hydrogen) atoms. The molecule has 1 aromatic carbocycles. The number of rotatable bonds is 14. The molecular weight excluding hydrogens is 367 g/mol. The molecule has 0 atom stereocenters. The Balaban J connectivity index is 1.97. The normalized spacial score (nSPS) is 11.0. The van der Waals surface area contributed by atoms with Crippen LogP contribution in [0.4, 0.5) is 4.39 Å². The summed E-state index contributed by atoms with van der Waals surface area (Å²) >= 11 is 0. The number of methoxy groups -OCH3 is 1. The Morgan fingerprint density at radius 1 is 1.07 bits per heavy atom. The van der Waals surface area contributed by atoms with Crippen LogP contribution < -0.4 is 0 Å². The average molecular weight is 403 g/mol. The van der Waals surface area contributed by atoms with Gasteiger partial charge in [0, 0.05) is 45.1 Å². The molecule has 0 saturated carbocycles. The van der Waals surface area contributed by atoms with Crippen LogP contribution in [0.1, 0.15) is 63.1 Å². The van der Waals surface area contributed by atoms with Gasteiger partial charge in [0.25, 0.3) is 0 Å². The van der Waals surface area contributed by atoms with Crippen molar-refractivity contribution in [2.45, 2.75) is 65.0 Å². The van der Waals surface area contributed by atoms with E-state index in [1.54, 1.807) is 19.2 Å². The molecule has 2 rings (SSSR count). The summed E-state index contributed by atoms with van der Waals surface area (Å²) in [5, 5.41) is 0. The lowest BCUT2D eigenvalue weighted by Gasteiger charge is -2.24.